The van der Waals surface area contributed by atoms with Gasteiger partial charge in [-0.3, -0.25) is 4.79 Å². The maximum Gasteiger partial charge on any atom is 0.328 e. The number of nitrogens with one attached hydrogen (secondary N) is 1. The number of rotatable bonds is 7. The van der Waals surface area contributed by atoms with Gasteiger partial charge in [-0.1, -0.05) is 0 Å². The highest BCUT2D eigenvalue weighted by Crippen LogP contribution is 2.41. The van der Waals surface area contributed by atoms with Gasteiger partial charge >= 0.3 is 11.9 Å². The van der Waals surface area contributed by atoms with Crippen LogP contribution < -0.4 is 10.1 Å². The Balaban J connectivity index is 0.000000181. The molecule has 0 radical (unpaired) electrons. The van der Waals surface area contributed by atoms with E-state index in [0.717, 1.165) is 24.4 Å². The Kier molecular flexibility index (Phi) is 6.84. The fourth-order valence-corrected chi connectivity index (χ4v) is 2.18. The van der Waals surface area contributed by atoms with Gasteiger partial charge in [0.25, 0.3) is 0 Å². The minimum Gasteiger partial charge on any atom is -0.464 e. The van der Waals surface area contributed by atoms with Crippen LogP contribution in [0, 0.1) is 12.8 Å². The Labute approximate surface area is 148 Å². The standard InChI is InChI=1S/C9H15NO3.C9H13NO2/c1-3-13-9(12)6(2)10-8(11)7-4-5-7;1-3-11-9-6(2)10-8(12-9)7-4-5-7/h6-7H,3-5H2,1-2H3,(H,10,11);7H,3-5H2,1-2H3. The summed E-state index contributed by atoms with van der Waals surface area (Å²) in [6, 6.07) is -0.520. The van der Waals surface area contributed by atoms with Crippen molar-refractivity contribution in [2.24, 2.45) is 5.92 Å². The van der Waals surface area contributed by atoms with E-state index in [4.69, 9.17) is 13.9 Å². The van der Waals surface area contributed by atoms with E-state index >= 15 is 0 Å². The molecular formula is C18H28N2O5. The molecule has 140 valence electrons. The van der Waals surface area contributed by atoms with Crippen molar-refractivity contribution in [3.05, 3.63) is 11.6 Å². The fraction of sp³-hybridized carbons (Fsp3) is 0.722. The Bertz CT molecular complexity index is 590. The van der Waals surface area contributed by atoms with Crippen molar-refractivity contribution in [2.45, 2.75) is 65.3 Å². The number of oxazole rings is 1. The molecule has 0 aromatic carbocycles. The predicted octanol–water partition coefficient (Wildman–Crippen LogP) is 2.72. The van der Waals surface area contributed by atoms with Crippen LogP contribution in [0.25, 0.3) is 0 Å². The molecular weight excluding hydrogens is 324 g/mol. The van der Waals surface area contributed by atoms with Gasteiger partial charge in [0, 0.05) is 11.8 Å². The van der Waals surface area contributed by atoms with Gasteiger partial charge in [0.2, 0.25) is 11.8 Å². The topological polar surface area (TPSA) is 90.7 Å². The van der Waals surface area contributed by atoms with E-state index in [2.05, 4.69) is 10.3 Å². The first kappa shape index (κ1) is 19.3. The van der Waals surface area contributed by atoms with Crippen molar-refractivity contribution >= 4 is 11.9 Å². The minimum absolute atomic E-state index is 0.0273. The largest absolute Gasteiger partial charge is 0.464 e. The highest BCUT2D eigenvalue weighted by Gasteiger charge is 2.31. The van der Waals surface area contributed by atoms with E-state index in [1.165, 1.54) is 12.8 Å². The van der Waals surface area contributed by atoms with Crippen LogP contribution in [0.15, 0.2) is 4.42 Å². The summed E-state index contributed by atoms with van der Waals surface area (Å²) in [6.07, 6.45) is 4.32. The molecule has 7 nitrogen and oxygen atoms in total. The highest BCUT2D eigenvalue weighted by atomic mass is 16.6. The Morgan fingerprint density at radius 1 is 1.24 bits per heavy atom. The second-order valence-electron chi connectivity index (χ2n) is 6.39. The van der Waals surface area contributed by atoms with Crippen LogP contribution in [0.4, 0.5) is 0 Å². The summed E-state index contributed by atoms with van der Waals surface area (Å²) >= 11 is 0. The molecule has 2 saturated carbocycles. The van der Waals surface area contributed by atoms with Gasteiger partial charge in [-0.15, -0.1) is 0 Å². The molecule has 1 atom stereocenters. The molecule has 1 N–H and O–H groups in total. The maximum atomic E-state index is 11.2. The summed E-state index contributed by atoms with van der Waals surface area (Å²) in [7, 11) is 0. The molecule has 7 heteroatoms. The zero-order valence-electron chi connectivity index (χ0n) is 15.5. The SMILES string of the molecule is CCOC(=O)C(C)NC(=O)C1CC1.CCOc1oc(C2CC2)nc1C. The third-order valence-electron chi connectivity index (χ3n) is 3.92. The van der Waals surface area contributed by atoms with E-state index in [9.17, 15) is 9.59 Å². The summed E-state index contributed by atoms with van der Waals surface area (Å²) < 4.78 is 15.5. The van der Waals surface area contributed by atoms with Crippen LogP contribution in [0.5, 0.6) is 5.95 Å². The Hall–Kier alpha value is -2.05. The Morgan fingerprint density at radius 3 is 2.44 bits per heavy atom. The normalized spacial score (nSPS) is 17.1. The molecule has 0 aliphatic heterocycles. The molecule has 2 fully saturated rings. The van der Waals surface area contributed by atoms with E-state index in [-0.39, 0.29) is 17.8 Å². The van der Waals surface area contributed by atoms with Gasteiger partial charge in [-0.2, -0.15) is 0 Å². The molecule has 0 saturated heterocycles. The molecule has 1 unspecified atom stereocenters. The predicted molar refractivity (Wildman–Crippen MR) is 91.3 cm³/mol. The van der Waals surface area contributed by atoms with Crippen molar-refractivity contribution in [3.8, 4) is 5.95 Å². The average molecular weight is 352 g/mol. The quantitative estimate of drug-likeness (QED) is 0.759. The Morgan fingerprint density at radius 2 is 1.92 bits per heavy atom. The van der Waals surface area contributed by atoms with Crippen molar-refractivity contribution in [2.75, 3.05) is 13.2 Å². The van der Waals surface area contributed by atoms with Crippen molar-refractivity contribution < 1.29 is 23.5 Å². The summed E-state index contributed by atoms with van der Waals surface area (Å²) in [4.78, 5) is 26.6. The van der Waals surface area contributed by atoms with Crippen molar-refractivity contribution in [1.82, 2.24) is 10.3 Å². The maximum absolute atomic E-state index is 11.2. The third kappa shape index (κ3) is 6.07. The molecule has 1 heterocycles. The summed E-state index contributed by atoms with van der Waals surface area (Å²) in [5, 5.41) is 2.61. The number of hydrogen-bond acceptors (Lipinski definition) is 6. The number of amides is 1. The molecule has 1 aromatic rings. The lowest BCUT2D eigenvalue weighted by atomic mass is 10.3. The van der Waals surface area contributed by atoms with Crippen LogP contribution in [0.3, 0.4) is 0 Å². The van der Waals surface area contributed by atoms with Gasteiger partial charge < -0.3 is 19.2 Å². The number of ether oxygens (including phenoxy) is 2. The first-order valence-corrected chi connectivity index (χ1v) is 9.03. The lowest BCUT2D eigenvalue weighted by Crippen LogP contribution is -2.40. The van der Waals surface area contributed by atoms with E-state index in [1.807, 2.05) is 13.8 Å². The van der Waals surface area contributed by atoms with E-state index in [1.54, 1.807) is 13.8 Å². The number of aryl methyl sites for hydroxylation is 1. The molecule has 1 amide bonds. The van der Waals surface area contributed by atoms with Gasteiger partial charge in [0.05, 0.1) is 13.2 Å². The first-order valence-electron chi connectivity index (χ1n) is 9.03. The van der Waals surface area contributed by atoms with Crippen molar-refractivity contribution in [1.29, 1.82) is 0 Å². The number of esters is 1. The molecule has 2 aliphatic rings. The first-order chi connectivity index (χ1) is 12.0. The fourth-order valence-electron chi connectivity index (χ4n) is 2.18. The van der Waals surface area contributed by atoms with Crippen LogP contribution >= 0.6 is 0 Å². The lowest BCUT2D eigenvalue weighted by Gasteiger charge is -2.11. The number of carbonyl (C=O) groups excluding carboxylic acids is 2. The van der Waals surface area contributed by atoms with Crippen LogP contribution in [-0.4, -0.2) is 36.1 Å². The number of aromatic nitrogens is 1. The highest BCUT2D eigenvalue weighted by molar-refractivity contribution is 5.86. The van der Waals surface area contributed by atoms with Crippen molar-refractivity contribution in [3.63, 3.8) is 0 Å². The van der Waals surface area contributed by atoms with Gasteiger partial charge in [0.15, 0.2) is 0 Å². The van der Waals surface area contributed by atoms with Crippen LogP contribution in [-0.2, 0) is 14.3 Å². The van der Waals surface area contributed by atoms with E-state index in [0.29, 0.717) is 25.1 Å². The molecule has 0 spiro atoms. The third-order valence-corrected chi connectivity index (χ3v) is 3.92. The molecule has 1 aromatic heterocycles. The number of nitrogens with zero attached hydrogens (tertiary/aromatic N) is 1. The molecule has 3 rings (SSSR count). The summed E-state index contributed by atoms with van der Waals surface area (Å²) in [6.45, 7) is 8.23. The molecule has 0 bridgehead atoms. The summed E-state index contributed by atoms with van der Waals surface area (Å²) in [5.41, 5.74) is 0.874. The second kappa shape index (κ2) is 8.87. The zero-order chi connectivity index (χ0) is 18.4. The van der Waals surface area contributed by atoms with Gasteiger partial charge in [-0.05, 0) is 53.4 Å². The lowest BCUT2D eigenvalue weighted by molar-refractivity contribution is -0.147. The second-order valence-corrected chi connectivity index (χ2v) is 6.39. The van der Waals surface area contributed by atoms with Crippen LogP contribution in [0.2, 0.25) is 0 Å². The van der Waals surface area contributed by atoms with Gasteiger partial charge in [0.1, 0.15) is 11.7 Å². The molecule has 25 heavy (non-hydrogen) atoms. The molecule has 2 aliphatic carbocycles. The number of carbonyl (C=O) groups is 2. The number of hydrogen-bond donors (Lipinski definition) is 1. The monoisotopic (exact) mass is 352 g/mol. The minimum atomic E-state index is -0.520. The summed E-state index contributed by atoms with van der Waals surface area (Å²) in [5.74, 6) is 1.77. The zero-order valence-corrected chi connectivity index (χ0v) is 15.5. The van der Waals surface area contributed by atoms with Crippen LogP contribution in [0.1, 0.15) is 64.0 Å². The average Bonchev–Trinajstić information content (AvgIpc) is 3.48. The van der Waals surface area contributed by atoms with Gasteiger partial charge in [-0.25, -0.2) is 9.78 Å². The smallest absolute Gasteiger partial charge is 0.328 e. The van der Waals surface area contributed by atoms with E-state index < -0.39 is 6.04 Å².